The topological polar surface area (TPSA) is 52.6 Å². The molecule has 4 aromatic carbocycles. The molecule has 0 heterocycles. The molecule has 0 aliphatic heterocycles. The van der Waals surface area contributed by atoms with Crippen LogP contribution in [0.15, 0.2) is 107 Å². The molecule has 0 saturated carbocycles. The molecule has 0 radical (unpaired) electrons. The van der Waals surface area contributed by atoms with E-state index in [-0.39, 0.29) is 27.2 Å². The largest absolute Gasteiger partial charge is 0.488 e. The van der Waals surface area contributed by atoms with Gasteiger partial charge in [0.15, 0.2) is 0 Å². The SMILES string of the molecule is CC(C)c1ccc(C(c2ccc(Oc3ccc(S(=O)(=O)c4ccc(OC(C)(C)C)cc4)cc3)cc2)(C(F)(F)F)C(F)(F)F)cc1. The van der Waals surface area contributed by atoms with Gasteiger partial charge in [0.2, 0.25) is 15.3 Å². The average Bonchev–Trinajstić information content (AvgIpc) is 2.93. The van der Waals surface area contributed by atoms with E-state index < -0.39 is 44.3 Å². The fourth-order valence-corrected chi connectivity index (χ4v) is 6.13. The molecule has 0 bridgehead atoms. The lowest BCUT2D eigenvalue weighted by Crippen LogP contribution is -2.54. The van der Waals surface area contributed by atoms with E-state index in [1.54, 1.807) is 26.0 Å². The number of halogens is 6. The van der Waals surface area contributed by atoms with Gasteiger partial charge in [-0.3, -0.25) is 0 Å². The van der Waals surface area contributed by atoms with Crippen LogP contribution < -0.4 is 9.47 Å². The van der Waals surface area contributed by atoms with Crippen LogP contribution in [0, 0.1) is 0 Å². The third-order valence-corrected chi connectivity index (χ3v) is 8.86. The normalized spacial score (nSPS) is 13.2. The van der Waals surface area contributed by atoms with Crippen molar-refractivity contribution in [2.24, 2.45) is 0 Å². The monoisotopic (exact) mass is 650 g/mol. The molecule has 4 rings (SSSR count). The first-order chi connectivity index (χ1) is 20.8. The Balaban J connectivity index is 1.60. The highest BCUT2D eigenvalue weighted by Gasteiger charge is 2.72. The molecule has 240 valence electrons. The minimum Gasteiger partial charge on any atom is -0.488 e. The van der Waals surface area contributed by atoms with Gasteiger partial charge < -0.3 is 9.47 Å². The third kappa shape index (κ3) is 6.98. The van der Waals surface area contributed by atoms with E-state index in [9.17, 15) is 34.8 Å². The van der Waals surface area contributed by atoms with Gasteiger partial charge in [0.1, 0.15) is 22.8 Å². The summed E-state index contributed by atoms with van der Waals surface area (Å²) < 4.78 is 124. The van der Waals surface area contributed by atoms with Gasteiger partial charge in [0.25, 0.3) is 0 Å². The standard InChI is InChI=1S/C34H32F6O4S/c1-22(2)23-6-8-24(9-7-23)32(33(35,36)37,34(38,39)40)25-10-12-26(13-11-25)43-27-14-18-29(19-15-27)45(41,42)30-20-16-28(17-21-30)44-31(3,4)5/h6-22H,1-5H3. The Labute approximate surface area is 258 Å². The summed E-state index contributed by atoms with van der Waals surface area (Å²) in [5.41, 5.74) is -6.11. The molecule has 0 aliphatic carbocycles. The Bertz CT molecular complexity index is 1690. The van der Waals surface area contributed by atoms with Crippen LogP contribution in [-0.4, -0.2) is 26.4 Å². The average molecular weight is 651 g/mol. The van der Waals surface area contributed by atoms with E-state index in [4.69, 9.17) is 9.47 Å². The third-order valence-electron chi connectivity index (χ3n) is 7.08. The fourth-order valence-electron chi connectivity index (χ4n) is 4.87. The zero-order valence-electron chi connectivity index (χ0n) is 25.1. The summed E-state index contributed by atoms with van der Waals surface area (Å²) in [6.07, 6.45) is -11.4. The molecule has 11 heteroatoms. The quantitative estimate of drug-likeness (QED) is 0.178. The first-order valence-electron chi connectivity index (χ1n) is 13.9. The molecule has 0 aromatic heterocycles. The second-order valence-corrected chi connectivity index (χ2v) is 13.8. The molecule has 0 atom stereocenters. The summed E-state index contributed by atoms with van der Waals surface area (Å²) in [5, 5.41) is 0. The highest BCUT2D eigenvalue weighted by molar-refractivity contribution is 7.91. The first kappa shape index (κ1) is 33.9. The number of alkyl halides is 6. The fraction of sp³-hybridized carbons (Fsp3) is 0.294. The van der Waals surface area contributed by atoms with E-state index in [1.807, 2.05) is 20.8 Å². The Morgan fingerprint density at radius 2 is 0.911 bits per heavy atom. The zero-order chi connectivity index (χ0) is 33.4. The number of ether oxygens (including phenoxy) is 2. The Hall–Kier alpha value is -3.99. The van der Waals surface area contributed by atoms with E-state index >= 15 is 0 Å². The molecule has 0 spiro atoms. The van der Waals surface area contributed by atoms with Crippen molar-refractivity contribution >= 4 is 9.84 Å². The Morgan fingerprint density at radius 1 is 0.556 bits per heavy atom. The molecule has 0 fully saturated rings. The molecule has 45 heavy (non-hydrogen) atoms. The molecular formula is C34H32F6O4S. The van der Waals surface area contributed by atoms with E-state index in [0.717, 1.165) is 36.4 Å². The highest BCUT2D eigenvalue weighted by Crippen LogP contribution is 2.56. The lowest BCUT2D eigenvalue weighted by Gasteiger charge is -2.38. The molecular weight excluding hydrogens is 618 g/mol. The van der Waals surface area contributed by atoms with Crippen LogP contribution in [0.4, 0.5) is 26.3 Å². The van der Waals surface area contributed by atoms with Crippen LogP contribution in [0.3, 0.4) is 0 Å². The van der Waals surface area contributed by atoms with E-state index in [0.29, 0.717) is 11.3 Å². The van der Waals surface area contributed by atoms with Crippen molar-refractivity contribution < 1.29 is 44.2 Å². The molecule has 0 amide bonds. The molecule has 0 aliphatic rings. The van der Waals surface area contributed by atoms with Crippen LogP contribution in [0.25, 0.3) is 0 Å². The highest BCUT2D eigenvalue weighted by atomic mass is 32.2. The lowest BCUT2D eigenvalue weighted by molar-refractivity contribution is -0.288. The Morgan fingerprint density at radius 3 is 1.27 bits per heavy atom. The number of hydrogen-bond donors (Lipinski definition) is 0. The molecule has 0 N–H and O–H groups in total. The minimum atomic E-state index is -5.71. The second-order valence-electron chi connectivity index (χ2n) is 11.8. The van der Waals surface area contributed by atoms with Gasteiger partial charge in [0.05, 0.1) is 9.79 Å². The summed E-state index contributed by atoms with van der Waals surface area (Å²) in [6.45, 7) is 9.15. The predicted molar refractivity (Wildman–Crippen MR) is 159 cm³/mol. The van der Waals surface area contributed by atoms with Crippen LogP contribution in [0.1, 0.15) is 57.2 Å². The number of hydrogen-bond acceptors (Lipinski definition) is 4. The van der Waals surface area contributed by atoms with Crippen LogP contribution in [0.2, 0.25) is 0 Å². The first-order valence-corrected chi connectivity index (χ1v) is 15.4. The van der Waals surface area contributed by atoms with Gasteiger partial charge in [-0.05, 0) is 104 Å². The van der Waals surface area contributed by atoms with Crippen molar-refractivity contribution in [2.45, 2.75) is 73.7 Å². The van der Waals surface area contributed by atoms with Crippen molar-refractivity contribution in [3.63, 3.8) is 0 Å². The van der Waals surface area contributed by atoms with Gasteiger partial charge in [-0.15, -0.1) is 0 Å². The van der Waals surface area contributed by atoms with Crippen LogP contribution in [-0.2, 0) is 15.3 Å². The number of sulfone groups is 1. The predicted octanol–water partition coefficient (Wildman–Crippen LogP) is 10.0. The van der Waals surface area contributed by atoms with Crippen molar-refractivity contribution in [3.8, 4) is 17.2 Å². The number of rotatable bonds is 8. The van der Waals surface area contributed by atoms with Crippen molar-refractivity contribution in [3.05, 3.63) is 114 Å². The maximum atomic E-state index is 14.5. The van der Waals surface area contributed by atoms with Gasteiger partial charge in [-0.25, -0.2) is 8.42 Å². The Kier molecular flexibility index (Phi) is 9.09. The summed E-state index contributed by atoms with van der Waals surface area (Å²) in [5.74, 6) is 0.494. The van der Waals surface area contributed by atoms with Gasteiger partial charge in [-0.1, -0.05) is 50.2 Å². The summed E-state index contributed by atoms with van der Waals surface area (Å²) in [4.78, 5) is -0.0111. The summed E-state index contributed by atoms with van der Waals surface area (Å²) in [6, 6.07) is 18.9. The summed E-state index contributed by atoms with van der Waals surface area (Å²) >= 11 is 0. The smallest absolute Gasteiger partial charge is 0.411 e. The van der Waals surface area contributed by atoms with Crippen LogP contribution >= 0.6 is 0 Å². The maximum absolute atomic E-state index is 14.5. The maximum Gasteiger partial charge on any atom is 0.411 e. The van der Waals surface area contributed by atoms with E-state index in [2.05, 4.69) is 0 Å². The van der Waals surface area contributed by atoms with Crippen LogP contribution in [0.5, 0.6) is 17.2 Å². The number of benzene rings is 4. The summed E-state index contributed by atoms with van der Waals surface area (Å²) in [7, 11) is -3.90. The molecule has 4 nitrogen and oxygen atoms in total. The molecule has 0 unspecified atom stereocenters. The lowest BCUT2D eigenvalue weighted by atomic mass is 9.72. The molecule has 4 aromatic rings. The molecule has 0 saturated heterocycles. The zero-order valence-corrected chi connectivity index (χ0v) is 25.9. The van der Waals surface area contributed by atoms with Gasteiger partial charge in [-0.2, -0.15) is 26.3 Å². The van der Waals surface area contributed by atoms with E-state index in [1.165, 1.54) is 48.5 Å². The van der Waals surface area contributed by atoms with Gasteiger partial charge in [0, 0.05) is 0 Å². The van der Waals surface area contributed by atoms with Crippen molar-refractivity contribution in [2.75, 3.05) is 0 Å². The van der Waals surface area contributed by atoms with Crippen molar-refractivity contribution in [1.29, 1.82) is 0 Å². The minimum absolute atomic E-state index is 0.0321. The van der Waals surface area contributed by atoms with Gasteiger partial charge >= 0.3 is 12.4 Å². The van der Waals surface area contributed by atoms with Crippen molar-refractivity contribution in [1.82, 2.24) is 0 Å². The second kappa shape index (κ2) is 12.1.